The molecule has 1 rings (SSSR count). The van der Waals surface area contributed by atoms with Gasteiger partial charge in [0.05, 0.1) is 0 Å². The molecule has 0 amide bonds. The van der Waals surface area contributed by atoms with E-state index in [1.165, 1.54) is 25.9 Å². The monoisotopic (exact) mass is 213 g/mol. The van der Waals surface area contributed by atoms with Gasteiger partial charge in [-0.3, -0.25) is 0 Å². The van der Waals surface area contributed by atoms with E-state index in [-0.39, 0.29) is 0 Å². The second kappa shape index (κ2) is 9.71. The van der Waals surface area contributed by atoms with Crippen LogP contribution in [0, 0.1) is 0 Å². The number of carbonyl (C=O) groups is 1. The van der Waals surface area contributed by atoms with Gasteiger partial charge in [-0.1, -0.05) is 26.3 Å². The molecular formula is C12H23NO2. The lowest BCUT2D eigenvalue weighted by molar-refractivity contribution is -0.132. The third kappa shape index (κ3) is 8.18. The quantitative estimate of drug-likeness (QED) is 0.706. The Morgan fingerprint density at radius 2 is 1.93 bits per heavy atom. The van der Waals surface area contributed by atoms with Gasteiger partial charge in [0.1, 0.15) is 0 Å². The van der Waals surface area contributed by atoms with E-state index in [1.54, 1.807) is 6.08 Å². The minimum absolute atomic E-state index is 0.529. The predicted molar refractivity (Wildman–Crippen MR) is 63.0 cm³/mol. The lowest BCUT2D eigenvalue weighted by Gasteiger charge is -1.94. The van der Waals surface area contributed by atoms with Crippen molar-refractivity contribution >= 4 is 5.97 Å². The maximum absolute atomic E-state index is 10.4. The number of hydrogen-bond donors (Lipinski definition) is 2. The van der Waals surface area contributed by atoms with Gasteiger partial charge in [-0.05, 0) is 38.8 Å². The van der Waals surface area contributed by atoms with Gasteiger partial charge in [-0.15, -0.1) is 0 Å². The summed E-state index contributed by atoms with van der Waals surface area (Å²) in [5.41, 5.74) is 0.529. The van der Waals surface area contributed by atoms with Gasteiger partial charge in [0.15, 0.2) is 0 Å². The molecule has 3 heteroatoms. The van der Waals surface area contributed by atoms with Crippen LogP contribution >= 0.6 is 0 Å². The SMILES string of the molecule is C1CCNC1.CCCC=C(CC)C(=O)O. The highest BCUT2D eigenvalue weighted by Gasteiger charge is 2.01. The van der Waals surface area contributed by atoms with Crippen molar-refractivity contribution in [3.05, 3.63) is 11.6 Å². The number of carboxylic acids is 1. The fourth-order valence-electron chi connectivity index (χ4n) is 1.33. The molecule has 0 aromatic carbocycles. The normalized spacial score (nSPS) is 15.7. The molecule has 1 fully saturated rings. The zero-order valence-corrected chi connectivity index (χ0v) is 9.88. The molecule has 0 unspecified atom stereocenters. The van der Waals surface area contributed by atoms with Crippen LogP contribution in [0.2, 0.25) is 0 Å². The third-order valence-corrected chi connectivity index (χ3v) is 2.29. The summed E-state index contributed by atoms with van der Waals surface area (Å²) < 4.78 is 0. The Morgan fingerprint density at radius 1 is 1.33 bits per heavy atom. The lowest BCUT2D eigenvalue weighted by Crippen LogP contribution is -2.03. The molecule has 1 aliphatic rings. The average molecular weight is 213 g/mol. The van der Waals surface area contributed by atoms with E-state index in [4.69, 9.17) is 5.11 Å². The molecule has 0 aromatic heterocycles. The summed E-state index contributed by atoms with van der Waals surface area (Å²) in [6.45, 7) is 6.39. The highest BCUT2D eigenvalue weighted by molar-refractivity contribution is 5.86. The summed E-state index contributed by atoms with van der Waals surface area (Å²) >= 11 is 0. The smallest absolute Gasteiger partial charge is 0.331 e. The number of allylic oxidation sites excluding steroid dienone is 1. The van der Waals surface area contributed by atoms with Crippen molar-refractivity contribution in [2.24, 2.45) is 0 Å². The van der Waals surface area contributed by atoms with Gasteiger partial charge >= 0.3 is 5.97 Å². The molecule has 1 heterocycles. The Kier molecular flexibility index (Phi) is 9.18. The van der Waals surface area contributed by atoms with Gasteiger partial charge < -0.3 is 10.4 Å². The topological polar surface area (TPSA) is 49.3 Å². The minimum atomic E-state index is -0.782. The minimum Gasteiger partial charge on any atom is -0.478 e. The van der Waals surface area contributed by atoms with Gasteiger partial charge in [0.2, 0.25) is 0 Å². The highest BCUT2D eigenvalue weighted by Crippen LogP contribution is 2.03. The zero-order valence-electron chi connectivity index (χ0n) is 9.88. The summed E-state index contributed by atoms with van der Waals surface area (Å²) in [6.07, 6.45) is 7.07. The van der Waals surface area contributed by atoms with Crippen molar-refractivity contribution in [3.8, 4) is 0 Å². The van der Waals surface area contributed by atoms with Crippen LogP contribution in [0.15, 0.2) is 11.6 Å². The molecule has 88 valence electrons. The number of carboxylic acid groups (broad SMARTS) is 1. The average Bonchev–Trinajstić information content (AvgIpc) is 2.76. The van der Waals surface area contributed by atoms with E-state index < -0.39 is 5.97 Å². The first-order chi connectivity index (χ1) is 7.22. The molecule has 1 saturated heterocycles. The van der Waals surface area contributed by atoms with E-state index in [0.717, 1.165) is 12.8 Å². The number of unbranched alkanes of at least 4 members (excludes halogenated alkanes) is 1. The first-order valence-electron chi connectivity index (χ1n) is 5.85. The molecule has 3 nitrogen and oxygen atoms in total. The first kappa shape index (κ1) is 14.2. The summed E-state index contributed by atoms with van der Waals surface area (Å²) in [4.78, 5) is 10.4. The van der Waals surface area contributed by atoms with Crippen LogP contribution in [0.5, 0.6) is 0 Å². The molecule has 15 heavy (non-hydrogen) atoms. The van der Waals surface area contributed by atoms with Gasteiger partial charge in [-0.25, -0.2) is 4.79 Å². The van der Waals surface area contributed by atoms with Crippen LogP contribution in [0.3, 0.4) is 0 Å². The number of hydrogen-bond acceptors (Lipinski definition) is 2. The van der Waals surface area contributed by atoms with Crippen LogP contribution in [0.1, 0.15) is 46.0 Å². The van der Waals surface area contributed by atoms with Crippen molar-refractivity contribution in [1.82, 2.24) is 5.32 Å². The first-order valence-corrected chi connectivity index (χ1v) is 5.85. The summed E-state index contributed by atoms with van der Waals surface area (Å²) in [5.74, 6) is -0.782. The maximum Gasteiger partial charge on any atom is 0.331 e. The Morgan fingerprint density at radius 3 is 2.20 bits per heavy atom. The van der Waals surface area contributed by atoms with Gasteiger partial charge in [0, 0.05) is 5.57 Å². The fourth-order valence-corrected chi connectivity index (χ4v) is 1.33. The molecule has 0 aliphatic carbocycles. The van der Waals surface area contributed by atoms with Crippen LogP contribution in [-0.4, -0.2) is 24.2 Å². The van der Waals surface area contributed by atoms with Crippen LogP contribution < -0.4 is 5.32 Å². The number of nitrogens with one attached hydrogen (secondary N) is 1. The zero-order chi connectivity index (χ0) is 11.5. The van der Waals surface area contributed by atoms with Crippen molar-refractivity contribution in [2.45, 2.75) is 46.0 Å². The Bertz CT molecular complexity index is 188. The third-order valence-electron chi connectivity index (χ3n) is 2.29. The van der Waals surface area contributed by atoms with Crippen LogP contribution in [0.25, 0.3) is 0 Å². The standard InChI is InChI=1S/C8H14O2.C4H9N/c1-3-5-6-7(4-2)8(9)10;1-2-4-5-3-1/h6H,3-5H2,1-2H3,(H,9,10);5H,1-4H2. The van der Waals surface area contributed by atoms with Crippen molar-refractivity contribution in [1.29, 1.82) is 0 Å². The lowest BCUT2D eigenvalue weighted by atomic mass is 10.1. The summed E-state index contributed by atoms with van der Waals surface area (Å²) in [6, 6.07) is 0. The van der Waals surface area contributed by atoms with Crippen LogP contribution in [0.4, 0.5) is 0 Å². The summed E-state index contributed by atoms with van der Waals surface area (Å²) in [7, 11) is 0. The van der Waals surface area contributed by atoms with Gasteiger partial charge in [0.25, 0.3) is 0 Å². The molecule has 0 saturated carbocycles. The fraction of sp³-hybridized carbons (Fsp3) is 0.750. The molecule has 0 aromatic rings. The highest BCUT2D eigenvalue weighted by atomic mass is 16.4. The Balaban J connectivity index is 0.000000322. The summed E-state index contributed by atoms with van der Waals surface area (Å²) in [5, 5.41) is 11.8. The van der Waals surface area contributed by atoms with E-state index in [0.29, 0.717) is 12.0 Å². The van der Waals surface area contributed by atoms with Gasteiger partial charge in [-0.2, -0.15) is 0 Å². The van der Waals surface area contributed by atoms with E-state index >= 15 is 0 Å². The number of rotatable bonds is 4. The van der Waals surface area contributed by atoms with Crippen molar-refractivity contribution < 1.29 is 9.90 Å². The maximum atomic E-state index is 10.4. The molecule has 2 N–H and O–H groups in total. The number of aliphatic carboxylic acids is 1. The second-order valence-electron chi connectivity index (χ2n) is 3.63. The molecule has 0 radical (unpaired) electrons. The Hall–Kier alpha value is -0.830. The Labute approximate surface area is 92.6 Å². The molecule has 1 aliphatic heterocycles. The van der Waals surface area contributed by atoms with E-state index in [2.05, 4.69) is 5.32 Å². The van der Waals surface area contributed by atoms with E-state index in [9.17, 15) is 4.79 Å². The predicted octanol–water partition coefficient (Wildman–Crippen LogP) is 2.58. The second-order valence-corrected chi connectivity index (χ2v) is 3.63. The van der Waals surface area contributed by atoms with Crippen molar-refractivity contribution in [2.75, 3.05) is 13.1 Å². The van der Waals surface area contributed by atoms with E-state index in [1.807, 2.05) is 13.8 Å². The molecule has 0 spiro atoms. The largest absolute Gasteiger partial charge is 0.478 e. The molecule has 0 bridgehead atoms. The molecular weight excluding hydrogens is 190 g/mol. The molecule has 0 atom stereocenters. The van der Waals surface area contributed by atoms with Crippen molar-refractivity contribution in [3.63, 3.8) is 0 Å². The van der Waals surface area contributed by atoms with Crippen LogP contribution in [-0.2, 0) is 4.79 Å².